The van der Waals surface area contributed by atoms with Crippen molar-refractivity contribution in [3.63, 3.8) is 0 Å². The van der Waals surface area contributed by atoms with E-state index in [0.29, 0.717) is 22.1 Å². The molecule has 0 spiro atoms. The van der Waals surface area contributed by atoms with Crippen molar-refractivity contribution in [2.45, 2.75) is 6.42 Å². The Balaban J connectivity index is 1.66. The molecule has 3 rings (SSSR count). The Labute approximate surface area is 136 Å². The van der Waals surface area contributed by atoms with Gasteiger partial charge in [-0.05, 0) is 29.8 Å². The molecule has 1 amide bonds. The van der Waals surface area contributed by atoms with Crippen molar-refractivity contribution < 1.29 is 4.79 Å². The van der Waals surface area contributed by atoms with E-state index in [9.17, 15) is 4.79 Å². The summed E-state index contributed by atoms with van der Waals surface area (Å²) in [4.78, 5) is 12.1. The molecule has 0 aliphatic carbocycles. The molecule has 4 nitrogen and oxygen atoms in total. The van der Waals surface area contributed by atoms with Crippen LogP contribution in [0.3, 0.4) is 0 Å². The standard InChI is InChI=1S/C16H12ClN3OS/c17-13-8-6-12(7-9-13)15(21)18-16-20-19-14(22-16)10-11-4-2-1-3-5-11/h1-9H,10H2,(H,18,20,21). The van der Waals surface area contributed by atoms with Gasteiger partial charge in [-0.1, -0.05) is 53.3 Å². The van der Waals surface area contributed by atoms with Gasteiger partial charge in [-0.3, -0.25) is 10.1 Å². The van der Waals surface area contributed by atoms with Gasteiger partial charge in [0, 0.05) is 17.0 Å². The number of rotatable bonds is 4. The van der Waals surface area contributed by atoms with E-state index in [2.05, 4.69) is 15.5 Å². The molecule has 0 aliphatic heterocycles. The van der Waals surface area contributed by atoms with E-state index in [1.54, 1.807) is 24.3 Å². The van der Waals surface area contributed by atoms with Crippen molar-refractivity contribution in [3.8, 4) is 0 Å². The van der Waals surface area contributed by atoms with Gasteiger partial charge >= 0.3 is 0 Å². The van der Waals surface area contributed by atoms with Crippen LogP contribution in [0.4, 0.5) is 5.13 Å². The zero-order valence-corrected chi connectivity index (χ0v) is 13.1. The maximum absolute atomic E-state index is 12.1. The number of hydrogen-bond donors (Lipinski definition) is 1. The lowest BCUT2D eigenvalue weighted by atomic mass is 10.2. The van der Waals surface area contributed by atoms with Gasteiger partial charge in [0.05, 0.1) is 0 Å². The molecule has 3 aromatic rings. The van der Waals surface area contributed by atoms with Crippen LogP contribution in [0.5, 0.6) is 0 Å². The quantitative estimate of drug-likeness (QED) is 0.786. The smallest absolute Gasteiger partial charge is 0.257 e. The van der Waals surface area contributed by atoms with Crippen LogP contribution in [0.15, 0.2) is 54.6 Å². The van der Waals surface area contributed by atoms with Crippen LogP contribution in [0.1, 0.15) is 20.9 Å². The summed E-state index contributed by atoms with van der Waals surface area (Å²) in [6.45, 7) is 0. The first-order valence-electron chi connectivity index (χ1n) is 6.64. The molecule has 2 aromatic carbocycles. The number of halogens is 1. The van der Waals surface area contributed by atoms with Gasteiger partial charge < -0.3 is 0 Å². The SMILES string of the molecule is O=C(Nc1nnc(Cc2ccccc2)s1)c1ccc(Cl)cc1. The third-order valence-corrected chi connectivity index (χ3v) is 4.08. The molecule has 0 saturated heterocycles. The van der Waals surface area contributed by atoms with Crippen molar-refractivity contribution in [1.29, 1.82) is 0 Å². The topological polar surface area (TPSA) is 54.9 Å². The molecule has 0 fully saturated rings. The van der Waals surface area contributed by atoms with Crippen molar-refractivity contribution >= 4 is 34.0 Å². The number of nitrogens with zero attached hydrogens (tertiary/aromatic N) is 2. The fourth-order valence-corrected chi connectivity index (χ4v) is 2.81. The van der Waals surface area contributed by atoms with Gasteiger partial charge in [-0.15, -0.1) is 10.2 Å². The molecule has 6 heteroatoms. The number of carbonyl (C=O) groups is 1. The van der Waals surface area contributed by atoms with Crippen molar-refractivity contribution in [2.75, 3.05) is 5.32 Å². The molecule has 110 valence electrons. The molecular weight excluding hydrogens is 318 g/mol. The molecule has 1 N–H and O–H groups in total. The summed E-state index contributed by atoms with van der Waals surface area (Å²) in [7, 11) is 0. The fourth-order valence-electron chi connectivity index (χ4n) is 1.92. The molecule has 22 heavy (non-hydrogen) atoms. The maximum Gasteiger partial charge on any atom is 0.257 e. The Bertz CT molecular complexity index is 772. The van der Waals surface area contributed by atoms with Crippen LogP contribution in [0.2, 0.25) is 5.02 Å². The average Bonchev–Trinajstić information content (AvgIpc) is 2.96. The summed E-state index contributed by atoms with van der Waals surface area (Å²) in [5.74, 6) is -0.223. The minimum absolute atomic E-state index is 0.223. The van der Waals surface area contributed by atoms with Crippen LogP contribution in [-0.2, 0) is 6.42 Å². The Kier molecular flexibility index (Phi) is 4.46. The van der Waals surface area contributed by atoms with Gasteiger partial charge in [0.25, 0.3) is 5.91 Å². The second kappa shape index (κ2) is 6.68. The predicted octanol–water partition coefficient (Wildman–Crippen LogP) is 4.03. The minimum atomic E-state index is -0.223. The Morgan fingerprint density at radius 1 is 1.05 bits per heavy atom. The molecule has 0 radical (unpaired) electrons. The summed E-state index contributed by atoms with van der Waals surface area (Å²) in [5.41, 5.74) is 1.69. The predicted molar refractivity (Wildman–Crippen MR) is 88.6 cm³/mol. The van der Waals surface area contributed by atoms with Crippen molar-refractivity contribution in [2.24, 2.45) is 0 Å². The van der Waals surface area contributed by atoms with Crippen LogP contribution >= 0.6 is 22.9 Å². The zero-order valence-electron chi connectivity index (χ0n) is 11.5. The van der Waals surface area contributed by atoms with Gasteiger partial charge in [0.1, 0.15) is 5.01 Å². The molecule has 0 bridgehead atoms. The monoisotopic (exact) mass is 329 g/mol. The van der Waals surface area contributed by atoms with E-state index < -0.39 is 0 Å². The molecule has 0 unspecified atom stereocenters. The minimum Gasteiger partial charge on any atom is -0.296 e. The fraction of sp³-hybridized carbons (Fsp3) is 0.0625. The Morgan fingerprint density at radius 2 is 1.77 bits per heavy atom. The molecule has 1 aromatic heterocycles. The third kappa shape index (κ3) is 3.69. The first-order valence-corrected chi connectivity index (χ1v) is 7.83. The maximum atomic E-state index is 12.1. The van der Waals surface area contributed by atoms with Crippen LogP contribution in [0.25, 0.3) is 0 Å². The largest absolute Gasteiger partial charge is 0.296 e. The summed E-state index contributed by atoms with van der Waals surface area (Å²) in [6.07, 6.45) is 0.704. The highest BCUT2D eigenvalue weighted by Crippen LogP contribution is 2.19. The summed E-state index contributed by atoms with van der Waals surface area (Å²) < 4.78 is 0. The molecule has 0 aliphatic rings. The highest BCUT2D eigenvalue weighted by Gasteiger charge is 2.10. The lowest BCUT2D eigenvalue weighted by Gasteiger charge is -2.00. The van der Waals surface area contributed by atoms with Crippen LogP contribution in [0, 0.1) is 0 Å². The molecule has 0 saturated carbocycles. The second-order valence-corrected chi connectivity index (χ2v) is 6.12. The first-order chi connectivity index (χ1) is 10.7. The summed E-state index contributed by atoms with van der Waals surface area (Å²) in [5, 5.41) is 12.8. The Morgan fingerprint density at radius 3 is 2.50 bits per heavy atom. The molecule has 1 heterocycles. The van der Waals surface area contributed by atoms with Crippen LogP contribution < -0.4 is 5.32 Å². The van der Waals surface area contributed by atoms with Gasteiger partial charge in [0.15, 0.2) is 0 Å². The van der Waals surface area contributed by atoms with Crippen molar-refractivity contribution in [1.82, 2.24) is 10.2 Å². The first kappa shape index (κ1) is 14.7. The van der Waals surface area contributed by atoms with E-state index in [4.69, 9.17) is 11.6 Å². The highest BCUT2D eigenvalue weighted by molar-refractivity contribution is 7.15. The Hall–Kier alpha value is -2.24. The second-order valence-electron chi connectivity index (χ2n) is 4.62. The lowest BCUT2D eigenvalue weighted by Crippen LogP contribution is -2.11. The van der Waals surface area contributed by atoms with E-state index in [0.717, 1.165) is 10.6 Å². The number of hydrogen-bond acceptors (Lipinski definition) is 4. The summed E-state index contributed by atoms with van der Waals surface area (Å²) in [6, 6.07) is 16.7. The number of anilines is 1. The zero-order chi connectivity index (χ0) is 15.4. The molecular formula is C16H12ClN3OS. The normalized spacial score (nSPS) is 10.4. The highest BCUT2D eigenvalue weighted by atomic mass is 35.5. The van der Waals surface area contributed by atoms with E-state index in [1.165, 1.54) is 11.3 Å². The van der Waals surface area contributed by atoms with Crippen molar-refractivity contribution in [3.05, 3.63) is 75.8 Å². The number of nitrogens with one attached hydrogen (secondary N) is 1. The number of amides is 1. The lowest BCUT2D eigenvalue weighted by molar-refractivity contribution is 0.102. The van der Waals surface area contributed by atoms with Gasteiger partial charge in [0.2, 0.25) is 5.13 Å². The molecule has 0 atom stereocenters. The summed E-state index contributed by atoms with van der Waals surface area (Å²) >= 11 is 7.18. The van der Waals surface area contributed by atoms with Crippen LogP contribution in [-0.4, -0.2) is 16.1 Å². The van der Waals surface area contributed by atoms with Gasteiger partial charge in [-0.25, -0.2) is 0 Å². The average molecular weight is 330 g/mol. The third-order valence-electron chi connectivity index (χ3n) is 2.99. The van der Waals surface area contributed by atoms with E-state index in [-0.39, 0.29) is 5.91 Å². The number of benzene rings is 2. The number of carbonyl (C=O) groups excluding carboxylic acids is 1. The number of aromatic nitrogens is 2. The van der Waals surface area contributed by atoms with E-state index in [1.807, 2.05) is 30.3 Å². The van der Waals surface area contributed by atoms with E-state index >= 15 is 0 Å². The van der Waals surface area contributed by atoms with Gasteiger partial charge in [-0.2, -0.15) is 0 Å².